The van der Waals surface area contributed by atoms with Crippen LogP contribution in [0.15, 0.2) is 0 Å². The maximum atomic E-state index is 10.9. The average molecular weight is 173 g/mol. The molecule has 0 aromatic heterocycles. The summed E-state index contributed by atoms with van der Waals surface area (Å²) < 4.78 is 0. The van der Waals surface area contributed by atoms with E-state index in [0.717, 1.165) is 13.0 Å². The number of aliphatic hydroxyl groups excluding tert-OH is 1. The van der Waals surface area contributed by atoms with Gasteiger partial charge in [0.2, 0.25) is 5.91 Å². The number of nitrogens with one attached hydrogen (secondary N) is 1. The van der Waals surface area contributed by atoms with Crippen molar-refractivity contribution in [3.8, 4) is 0 Å². The van der Waals surface area contributed by atoms with Crippen molar-refractivity contribution >= 4 is 5.91 Å². The fourth-order valence-electron chi connectivity index (χ4n) is 0.705. The molecule has 12 heavy (non-hydrogen) atoms. The van der Waals surface area contributed by atoms with Crippen LogP contribution in [-0.2, 0) is 4.79 Å². The lowest BCUT2D eigenvalue weighted by molar-refractivity contribution is -0.118. The molecule has 0 aromatic rings. The maximum absolute atomic E-state index is 10.9. The molecule has 0 heterocycles. The SMILES string of the molecule is CN(C)CC[CH]C(=O)NCCO. The quantitative estimate of drug-likeness (QED) is 0.556. The van der Waals surface area contributed by atoms with Crippen LogP contribution in [0, 0.1) is 6.42 Å². The molecule has 0 saturated carbocycles. The first-order valence-electron chi connectivity index (χ1n) is 4.03. The predicted octanol–water partition coefficient (Wildman–Crippen LogP) is -0.749. The number of carbonyl (C=O) groups excluding carboxylic acids is 1. The second-order valence-corrected chi connectivity index (χ2v) is 2.81. The van der Waals surface area contributed by atoms with Gasteiger partial charge in [0.1, 0.15) is 0 Å². The zero-order valence-corrected chi connectivity index (χ0v) is 7.71. The smallest absolute Gasteiger partial charge is 0.224 e. The Morgan fingerprint density at radius 1 is 1.58 bits per heavy atom. The summed E-state index contributed by atoms with van der Waals surface area (Å²) in [5, 5.41) is 10.9. The highest BCUT2D eigenvalue weighted by Gasteiger charge is 2.00. The molecular weight excluding hydrogens is 156 g/mol. The van der Waals surface area contributed by atoms with Gasteiger partial charge < -0.3 is 15.3 Å². The largest absolute Gasteiger partial charge is 0.395 e. The molecule has 2 N–H and O–H groups in total. The number of aliphatic hydroxyl groups is 1. The van der Waals surface area contributed by atoms with Crippen molar-refractivity contribution in [2.75, 3.05) is 33.8 Å². The molecule has 0 aliphatic heterocycles. The molecule has 4 heteroatoms. The normalized spacial score (nSPS) is 10.3. The Bertz CT molecular complexity index is 126. The molecule has 0 saturated heterocycles. The first-order valence-corrected chi connectivity index (χ1v) is 4.03. The molecule has 0 spiro atoms. The standard InChI is InChI=1S/C8H17N2O2/c1-10(2)6-3-4-8(12)9-5-7-11/h4,11H,3,5-7H2,1-2H3,(H,9,12). The predicted molar refractivity (Wildman–Crippen MR) is 47.6 cm³/mol. The summed E-state index contributed by atoms with van der Waals surface area (Å²) in [4.78, 5) is 12.9. The van der Waals surface area contributed by atoms with E-state index in [4.69, 9.17) is 5.11 Å². The minimum absolute atomic E-state index is 0.00669. The number of rotatable bonds is 6. The fourth-order valence-corrected chi connectivity index (χ4v) is 0.705. The van der Waals surface area contributed by atoms with Gasteiger partial charge in [-0.1, -0.05) is 0 Å². The molecule has 0 fully saturated rings. The maximum Gasteiger partial charge on any atom is 0.224 e. The van der Waals surface area contributed by atoms with Gasteiger partial charge in [0.15, 0.2) is 0 Å². The lowest BCUT2D eigenvalue weighted by atomic mass is 10.3. The van der Waals surface area contributed by atoms with E-state index in [2.05, 4.69) is 5.32 Å². The summed E-state index contributed by atoms with van der Waals surface area (Å²) in [6.07, 6.45) is 2.33. The van der Waals surface area contributed by atoms with Gasteiger partial charge in [-0.15, -0.1) is 0 Å². The van der Waals surface area contributed by atoms with Gasteiger partial charge >= 0.3 is 0 Å². The Morgan fingerprint density at radius 2 is 2.25 bits per heavy atom. The Balaban J connectivity index is 3.20. The van der Waals surface area contributed by atoms with E-state index < -0.39 is 0 Å². The van der Waals surface area contributed by atoms with Crippen molar-refractivity contribution in [2.45, 2.75) is 6.42 Å². The summed E-state index contributed by atoms with van der Waals surface area (Å²) in [6, 6.07) is 0. The molecular formula is C8H17N2O2. The van der Waals surface area contributed by atoms with Crippen molar-refractivity contribution < 1.29 is 9.90 Å². The van der Waals surface area contributed by atoms with Crippen LogP contribution in [0.5, 0.6) is 0 Å². The molecule has 1 amide bonds. The Morgan fingerprint density at radius 3 is 2.75 bits per heavy atom. The fraction of sp³-hybridized carbons (Fsp3) is 0.750. The van der Waals surface area contributed by atoms with Gasteiger partial charge in [-0.2, -0.15) is 0 Å². The van der Waals surface area contributed by atoms with Crippen molar-refractivity contribution in [3.63, 3.8) is 0 Å². The number of nitrogens with zero attached hydrogens (tertiary/aromatic N) is 1. The Hall–Kier alpha value is -0.610. The van der Waals surface area contributed by atoms with Gasteiger partial charge in [-0.25, -0.2) is 0 Å². The van der Waals surface area contributed by atoms with Crippen molar-refractivity contribution in [2.24, 2.45) is 0 Å². The third-order valence-electron chi connectivity index (χ3n) is 1.32. The minimum Gasteiger partial charge on any atom is -0.395 e. The van der Waals surface area contributed by atoms with Crippen LogP contribution >= 0.6 is 0 Å². The average Bonchev–Trinajstić information content (AvgIpc) is 2.00. The lowest BCUT2D eigenvalue weighted by Crippen LogP contribution is -2.27. The number of hydrogen-bond donors (Lipinski definition) is 2. The van der Waals surface area contributed by atoms with Crippen LogP contribution in [0.1, 0.15) is 6.42 Å². The van der Waals surface area contributed by atoms with Gasteiger partial charge in [0.05, 0.1) is 13.0 Å². The Kier molecular flexibility index (Phi) is 6.70. The molecule has 0 aromatic carbocycles. The number of amides is 1. The van der Waals surface area contributed by atoms with Crippen LogP contribution < -0.4 is 5.32 Å². The molecule has 0 rings (SSSR count). The van der Waals surface area contributed by atoms with Gasteiger partial charge in [0.25, 0.3) is 0 Å². The van der Waals surface area contributed by atoms with Gasteiger partial charge in [-0.3, -0.25) is 4.79 Å². The third kappa shape index (κ3) is 7.50. The second kappa shape index (κ2) is 7.06. The molecule has 0 aliphatic rings. The summed E-state index contributed by atoms with van der Waals surface area (Å²) in [6.45, 7) is 1.19. The Labute approximate surface area is 73.6 Å². The summed E-state index contributed by atoms with van der Waals surface area (Å²) in [5.74, 6) is -0.106. The van der Waals surface area contributed by atoms with Crippen molar-refractivity contribution in [3.05, 3.63) is 6.42 Å². The first kappa shape index (κ1) is 11.4. The topological polar surface area (TPSA) is 52.6 Å². The van der Waals surface area contributed by atoms with Crippen molar-refractivity contribution in [1.82, 2.24) is 10.2 Å². The number of carbonyl (C=O) groups is 1. The summed E-state index contributed by atoms with van der Waals surface area (Å²) >= 11 is 0. The molecule has 0 atom stereocenters. The van der Waals surface area contributed by atoms with Crippen molar-refractivity contribution in [1.29, 1.82) is 0 Å². The molecule has 0 unspecified atom stereocenters. The zero-order valence-electron chi connectivity index (χ0n) is 7.71. The lowest BCUT2D eigenvalue weighted by Gasteiger charge is -2.08. The molecule has 0 bridgehead atoms. The van der Waals surface area contributed by atoms with E-state index in [1.165, 1.54) is 0 Å². The molecule has 0 aliphatic carbocycles. The summed E-state index contributed by atoms with van der Waals surface area (Å²) in [7, 11) is 3.92. The molecule has 71 valence electrons. The third-order valence-corrected chi connectivity index (χ3v) is 1.32. The highest BCUT2D eigenvalue weighted by molar-refractivity contribution is 5.84. The van der Waals surface area contributed by atoms with E-state index in [1.54, 1.807) is 6.42 Å². The highest BCUT2D eigenvalue weighted by Crippen LogP contribution is 1.88. The van der Waals surface area contributed by atoms with E-state index in [-0.39, 0.29) is 12.5 Å². The number of hydrogen-bond acceptors (Lipinski definition) is 3. The summed E-state index contributed by atoms with van der Waals surface area (Å²) in [5.41, 5.74) is 0. The van der Waals surface area contributed by atoms with E-state index in [1.807, 2.05) is 19.0 Å². The van der Waals surface area contributed by atoms with E-state index in [0.29, 0.717) is 6.54 Å². The molecule has 1 radical (unpaired) electrons. The van der Waals surface area contributed by atoms with Crippen LogP contribution in [-0.4, -0.2) is 49.7 Å². The van der Waals surface area contributed by atoms with Gasteiger partial charge in [0, 0.05) is 6.54 Å². The van der Waals surface area contributed by atoms with Gasteiger partial charge in [-0.05, 0) is 27.1 Å². The van der Waals surface area contributed by atoms with Crippen LogP contribution in [0.25, 0.3) is 0 Å². The van der Waals surface area contributed by atoms with Crippen LogP contribution in [0.3, 0.4) is 0 Å². The highest BCUT2D eigenvalue weighted by atomic mass is 16.3. The van der Waals surface area contributed by atoms with Crippen LogP contribution in [0.2, 0.25) is 0 Å². The second-order valence-electron chi connectivity index (χ2n) is 2.81. The minimum atomic E-state index is -0.106. The van der Waals surface area contributed by atoms with Crippen LogP contribution in [0.4, 0.5) is 0 Å². The van der Waals surface area contributed by atoms with E-state index in [9.17, 15) is 4.79 Å². The first-order chi connectivity index (χ1) is 5.66. The zero-order chi connectivity index (χ0) is 9.40. The molecule has 4 nitrogen and oxygen atoms in total. The van der Waals surface area contributed by atoms with E-state index >= 15 is 0 Å². The monoisotopic (exact) mass is 173 g/mol.